The minimum atomic E-state index is -0.927. The summed E-state index contributed by atoms with van der Waals surface area (Å²) in [6.07, 6.45) is 23.6. The molecule has 0 saturated heterocycles. The van der Waals surface area contributed by atoms with Gasteiger partial charge in [-0.15, -0.1) is 0 Å². The second-order valence-corrected chi connectivity index (χ2v) is 9.00. The van der Waals surface area contributed by atoms with E-state index in [4.69, 9.17) is 5.11 Å². The van der Waals surface area contributed by atoms with Crippen LogP contribution in [0.25, 0.3) is 0 Å². The predicted octanol–water partition coefficient (Wildman–Crippen LogP) is 7.41. The minimum Gasteiger partial charge on any atom is -0.481 e. The van der Waals surface area contributed by atoms with Crippen LogP contribution >= 0.6 is 0 Å². The van der Waals surface area contributed by atoms with Crippen molar-refractivity contribution in [2.45, 2.75) is 142 Å². The fourth-order valence-electron chi connectivity index (χ4n) is 3.67. The third-order valence-electron chi connectivity index (χ3n) is 5.76. The normalized spacial score (nSPS) is 10.1. The van der Waals surface area contributed by atoms with Crippen molar-refractivity contribution in [3.8, 4) is 23.7 Å². The predicted molar refractivity (Wildman–Crippen MR) is 139 cm³/mol. The summed E-state index contributed by atoms with van der Waals surface area (Å²) in [4.78, 5) is 21.8. The van der Waals surface area contributed by atoms with E-state index in [-0.39, 0.29) is 18.7 Å². The molecule has 0 aromatic heterocycles. The maximum atomic E-state index is 11.4. The van der Waals surface area contributed by atoms with Crippen LogP contribution in [0.15, 0.2) is 0 Å². The Morgan fingerprint density at radius 2 is 1.03 bits per heavy atom. The Hall–Kier alpha value is -1.94. The van der Waals surface area contributed by atoms with Crippen molar-refractivity contribution in [1.82, 2.24) is 5.32 Å². The summed E-state index contributed by atoms with van der Waals surface area (Å²) < 4.78 is 0. The second kappa shape index (κ2) is 26.3. The van der Waals surface area contributed by atoms with Gasteiger partial charge in [-0.05, 0) is 31.1 Å². The lowest BCUT2D eigenvalue weighted by molar-refractivity contribution is -0.138. The third kappa shape index (κ3) is 28.0. The van der Waals surface area contributed by atoms with Crippen LogP contribution in [0.4, 0.5) is 0 Å². The zero-order valence-corrected chi connectivity index (χ0v) is 21.3. The highest BCUT2D eigenvalue weighted by atomic mass is 16.4. The zero-order valence-electron chi connectivity index (χ0n) is 21.3. The van der Waals surface area contributed by atoms with Gasteiger partial charge in [0.05, 0.1) is 6.42 Å². The third-order valence-corrected chi connectivity index (χ3v) is 5.76. The summed E-state index contributed by atoms with van der Waals surface area (Å²) in [7, 11) is 0. The maximum Gasteiger partial charge on any atom is 0.303 e. The van der Waals surface area contributed by atoms with Gasteiger partial charge in [0.25, 0.3) is 0 Å². The Kier molecular flexibility index (Phi) is 24.8. The van der Waals surface area contributed by atoms with E-state index in [1.54, 1.807) is 0 Å². The van der Waals surface area contributed by atoms with Gasteiger partial charge in [0, 0.05) is 25.8 Å². The molecule has 0 radical (unpaired) electrons. The molecule has 0 aliphatic heterocycles. The summed E-state index contributed by atoms with van der Waals surface area (Å²) >= 11 is 0. The number of aliphatic carboxylic acids is 1. The summed E-state index contributed by atoms with van der Waals surface area (Å²) in [5.41, 5.74) is 0. The molecule has 0 aliphatic carbocycles. The molecule has 33 heavy (non-hydrogen) atoms. The monoisotopic (exact) mass is 459 g/mol. The van der Waals surface area contributed by atoms with Gasteiger partial charge < -0.3 is 10.4 Å². The van der Waals surface area contributed by atoms with Crippen molar-refractivity contribution in [1.29, 1.82) is 0 Å². The molecule has 2 N–H and O–H groups in total. The SMILES string of the molecule is CCCCCCCCCCCCC#CC#CCCCCCCCCCNC(=O)CCC(=O)O. The summed E-state index contributed by atoms with van der Waals surface area (Å²) in [6.45, 7) is 2.92. The Morgan fingerprint density at radius 3 is 1.48 bits per heavy atom. The highest BCUT2D eigenvalue weighted by Gasteiger charge is 2.03. The summed E-state index contributed by atoms with van der Waals surface area (Å²) in [6, 6.07) is 0. The van der Waals surface area contributed by atoms with Gasteiger partial charge >= 0.3 is 5.97 Å². The van der Waals surface area contributed by atoms with Crippen LogP contribution in [0, 0.1) is 23.7 Å². The molecule has 1 amide bonds. The molecule has 4 heteroatoms. The average molecular weight is 460 g/mol. The molecule has 4 nitrogen and oxygen atoms in total. The first-order valence-corrected chi connectivity index (χ1v) is 13.6. The zero-order chi connectivity index (χ0) is 24.2. The van der Waals surface area contributed by atoms with Crippen LogP contribution in [0.5, 0.6) is 0 Å². The van der Waals surface area contributed by atoms with Gasteiger partial charge in [-0.2, -0.15) is 0 Å². The number of amides is 1. The Labute approximate surface area is 204 Å². The Bertz CT molecular complexity index is 591. The molecule has 0 atom stereocenters. The topological polar surface area (TPSA) is 66.4 Å². The molecular formula is C29H49NO3. The Morgan fingerprint density at radius 1 is 0.606 bits per heavy atom. The van der Waals surface area contributed by atoms with Crippen LogP contribution < -0.4 is 5.32 Å². The van der Waals surface area contributed by atoms with Crippen molar-refractivity contribution in [3.63, 3.8) is 0 Å². The van der Waals surface area contributed by atoms with Crippen LogP contribution in [-0.4, -0.2) is 23.5 Å². The largest absolute Gasteiger partial charge is 0.481 e. The molecule has 0 saturated carbocycles. The van der Waals surface area contributed by atoms with E-state index < -0.39 is 5.97 Å². The van der Waals surface area contributed by atoms with E-state index in [0.29, 0.717) is 6.54 Å². The molecular weight excluding hydrogens is 410 g/mol. The van der Waals surface area contributed by atoms with E-state index >= 15 is 0 Å². The average Bonchev–Trinajstić information content (AvgIpc) is 2.80. The molecule has 0 bridgehead atoms. The quantitative estimate of drug-likeness (QED) is 0.131. The highest BCUT2D eigenvalue weighted by Crippen LogP contribution is 2.11. The van der Waals surface area contributed by atoms with Crippen LogP contribution in [-0.2, 0) is 9.59 Å². The van der Waals surface area contributed by atoms with Crippen LogP contribution in [0.2, 0.25) is 0 Å². The molecule has 188 valence electrons. The summed E-state index contributed by atoms with van der Waals surface area (Å²) in [5.74, 6) is 11.3. The molecule has 0 heterocycles. The number of rotatable bonds is 22. The van der Waals surface area contributed by atoms with E-state index in [0.717, 1.165) is 32.1 Å². The first kappa shape index (κ1) is 31.1. The number of unbranched alkanes of at least 4 members (excludes halogenated alkanes) is 17. The van der Waals surface area contributed by atoms with Crippen LogP contribution in [0.3, 0.4) is 0 Å². The van der Waals surface area contributed by atoms with Crippen molar-refractivity contribution in [2.24, 2.45) is 0 Å². The van der Waals surface area contributed by atoms with Crippen molar-refractivity contribution in [3.05, 3.63) is 0 Å². The van der Waals surface area contributed by atoms with Gasteiger partial charge in [0.15, 0.2) is 0 Å². The molecule has 0 aromatic rings. The minimum absolute atomic E-state index is 0.0726. The number of carbonyl (C=O) groups is 2. The molecule has 0 spiro atoms. The molecule has 0 aliphatic rings. The summed E-state index contributed by atoms with van der Waals surface area (Å²) in [5, 5.41) is 11.3. The maximum absolute atomic E-state index is 11.4. The molecule has 0 unspecified atom stereocenters. The van der Waals surface area contributed by atoms with Crippen molar-refractivity contribution < 1.29 is 14.7 Å². The van der Waals surface area contributed by atoms with Crippen molar-refractivity contribution >= 4 is 11.9 Å². The van der Waals surface area contributed by atoms with Gasteiger partial charge in [0.2, 0.25) is 5.91 Å². The number of hydrogen-bond acceptors (Lipinski definition) is 2. The lowest BCUT2D eigenvalue weighted by Crippen LogP contribution is -2.24. The standard InChI is InChI=1S/C29H49NO3/c1-2-3-4-5-6-7-8-9-10-11-12-13-14-15-16-17-18-19-20-21-22-23-24-27-30-28(31)25-26-29(32)33/h2-12,17-27H2,1H3,(H,30,31)(H,32,33). The number of nitrogens with one attached hydrogen (secondary N) is 1. The lowest BCUT2D eigenvalue weighted by Gasteiger charge is -2.04. The van der Waals surface area contributed by atoms with E-state index in [2.05, 4.69) is 35.9 Å². The fraction of sp³-hybridized carbons (Fsp3) is 0.793. The number of carbonyl (C=O) groups excluding carboxylic acids is 1. The molecule has 0 fully saturated rings. The molecule has 0 aromatic carbocycles. The fourth-order valence-corrected chi connectivity index (χ4v) is 3.67. The van der Waals surface area contributed by atoms with Crippen LogP contribution in [0.1, 0.15) is 142 Å². The van der Waals surface area contributed by atoms with Gasteiger partial charge in [-0.3, -0.25) is 9.59 Å². The number of carboxylic acid groups (broad SMARTS) is 1. The number of carboxylic acids is 1. The van der Waals surface area contributed by atoms with E-state index in [1.165, 1.54) is 89.9 Å². The first-order chi connectivity index (χ1) is 16.2. The lowest BCUT2D eigenvalue weighted by atomic mass is 10.1. The second-order valence-electron chi connectivity index (χ2n) is 9.00. The Balaban J connectivity index is 3.29. The number of hydrogen-bond donors (Lipinski definition) is 2. The highest BCUT2D eigenvalue weighted by molar-refractivity contribution is 5.80. The van der Waals surface area contributed by atoms with Gasteiger partial charge in [-0.25, -0.2) is 0 Å². The smallest absolute Gasteiger partial charge is 0.303 e. The van der Waals surface area contributed by atoms with Gasteiger partial charge in [0.1, 0.15) is 0 Å². The van der Waals surface area contributed by atoms with E-state index in [9.17, 15) is 9.59 Å². The van der Waals surface area contributed by atoms with Crippen molar-refractivity contribution in [2.75, 3.05) is 6.54 Å². The first-order valence-electron chi connectivity index (χ1n) is 13.6. The van der Waals surface area contributed by atoms with Gasteiger partial charge in [-0.1, -0.05) is 109 Å². The van der Waals surface area contributed by atoms with E-state index in [1.807, 2.05) is 0 Å². The molecule has 0 rings (SSSR count).